The molecule has 1 aliphatic rings. The van der Waals surface area contributed by atoms with E-state index >= 15 is 0 Å². The van der Waals surface area contributed by atoms with E-state index in [1.165, 1.54) is 10.7 Å². The second-order valence-electron chi connectivity index (χ2n) is 7.62. The lowest BCUT2D eigenvalue weighted by Gasteiger charge is -2.35. The monoisotopic (exact) mass is 426 g/mol. The molecule has 4 rings (SSSR count). The van der Waals surface area contributed by atoms with Gasteiger partial charge in [-0.1, -0.05) is 12.1 Å². The summed E-state index contributed by atoms with van der Waals surface area (Å²) in [6.07, 6.45) is 3.29. The van der Waals surface area contributed by atoms with Gasteiger partial charge in [-0.15, -0.1) is 0 Å². The Labute approximate surface area is 179 Å². The molecule has 1 aromatic heterocycles. The van der Waals surface area contributed by atoms with Gasteiger partial charge in [0.25, 0.3) is 5.91 Å². The van der Waals surface area contributed by atoms with Gasteiger partial charge in [-0.25, -0.2) is 8.78 Å². The van der Waals surface area contributed by atoms with Gasteiger partial charge in [-0.2, -0.15) is 5.10 Å². The van der Waals surface area contributed by atoms with E-state index in [4.69, 9.17) is 4.74 Å². The molecule has 1 N–H and O–H groups in total. The van der Waals surface area contributed by atoms with Gasteiger partial charge in [-0.05, 0) is 37.1 Å². The van der Waals surface area contributed by atoms with Crippen molar-refractivity contribution in [3.05, 3.63) is 65.9 Å². The third-order valence-electron chi connectivity index (χ3n) is 5.44. The molecule has 31 heavy (non-hydrogen) atoms. The Morgan fingerprint density at radius 1 is 1.23 bits per heavy atom. The highest BCUT2D eigenvalue weighted by molar-refractivity contribution is 6.00. The Morgan fingerprint density at radius 3 is 2.81 bits per heavy atom. The number of rotatable bonds is 5. The molecule has 1 atom stereocenters. The number of nitrogens with one attached hydrogen (secondary N) is 1. The van der Waals surface area contributed by atoms with E-state index in [1.54, 1.807) is 20.4 Å². The van der Waals surface area contributed by atoms with Crippen molar-refractivity contribution in [3.63, 3.8) is 0 Å². The van der Waals surface area contributed by atoms with Gasteiger partial charge < -0.3 is 15.0 Å². The van der Waals surface area contributed by atoms with E-state index in [0.29, 0.717) is 6.54 Å². The van der Waals surface area contributed by atoms with Crippen LogP contribution in [-0.2, 0) is 7.05 Å². The molecule has 0 radical (unpaired) electrons. The number of carbonyl (C=O) groups is 1. The predicted molar refractivity (Wildman–Crippen MR) is 114 cm³/mol. The number of aromatic nitrogens is 2. The van der Waals surface area contributed by atoms with Crippen LogP contribution in [0.4, 0.5) is 14.5 Å². The zero-order valence-electron chi connectivity index (χ0n) is 17.4. The Hall–Kier alpha value is -3.42. The number of ether oxygens (including phenoxy) is 1. The molecule has 0 bridgehead atoms. The lowest BCUT2D eigenvalue weighted by molar-refractivity contribution is 0.0933. The van der Waals surface area contributed by atoms with Crippen LogP contribution in [-0.4, -0.2) is 41.9 Å². The number of aryl methyl sites for hydroxylation is 1. The maximum absolute atomic E-state index is 14.3. The summed E-state index contributed by atoms with van der Waals surface area (Å²) in [7, 11) is 3.30. The molecule has 2 aromatic carbocycles. The number of amides is 1. The number of anilines is 1. The van der Waals surface area contributed by atoms with Crippen LogP contribution in [0.3, 0.4) is 0 Å². The fraction of sp³-hybridized carbons (Fsp3) is 0.304. The minimum absolute atomic E-state index is 0.0858. The molecule has 0 saturated carbocycles. The Kier molecular flexibility index (Phi) is 5.88. The number of nitrogens with zero attached hydrogens (tertiary/aromatic N) is 3. The van der Waals surface area contributed by atoms with Gasteiger partial charge in [0, 0.05) is 44.0 Å². The lowest BCUT2D eigenvalue weighted by atomic mass is 10.0. The zero-order chi connectivity index (χ0) is 22.0. The summed E-state index contributed by atoms with van der Waals surface area (Å²) in [6, 6.07) is 10.9. The Balaban J connectivity index is 1.54. The second kappa shape index (κ2) is 8.75. The molecule has 1 fully saturated rings. The first-order valence-corrected chi connectivity index (χ1v) is 10.1. The Bertz CT molecular complexity index is 1100. The van der Waals surface area contributed by atoms with Crippen molar-refractivity contribution < 1.29 is 18.3 Å². The van der Waals surface area contributed by atoms with E-state index < -0.39 is 11.6 Å². The third-order valence-corrected chi connectivity index (χ3v) is 5.44. The summed E-state index contributed by atoms with van der Waals surface area (Å²) in [5.41, 5.74) is 1.52. The molecule has 6 nitrogen and oxygen atoms in total. The van der Waals surface area contributed by atoms with Crippen molar-refractivity contribution in [2.75, 3.05) is 25.1 Å². The summed E-state index contributed by atoms with van der Waals surface area (Å²) in [4.78, 5) is 15.3. The van der Waals surface area contributed by atoms with Crippen LogP contribution >= 0.6 is 0 Å². The first-order chi connectivity index (χ1) is 15.0. The zero-order valence-corrected chi connectivity index (χ0v) is 17.4. The number of halogens is 2. The lowest BCUT2D eigenvalue weighted by Crippen LogP contribution is -2.48. The maximum Gasteiger partial charge on any atom is 0.255 e. The quantitative estimate of drug-likeness (QED) is 0.675. The van der Waals surface area contributed by atoms with Gasteiger partial charge in [0.15, 0.2) is 0 Å². The van der Waals surface area contributed by atoms with Crippen LogP contribution < -0.4 is 15.0 Å². The highest BCUT2D eigenvalue weighted by atomic mass is 19.1. The largest absolute Gasteiger partial charge is 0.495 e. The minimum Gasteiger partial charge on any atom is -0.495 e. The fourth-order valence-corrected chi connectivity index (χ4v) is 4.00. The van der Waals surface area contributed by atoms with Crippen LogP contribution in [0.5, 0.6) is 5.75 Å². The van der Waals surface area contributed by atoms with Gasteiger partial charge in [0.05, 0.1) is 18.4 Å². The van der Waals surface area contributed by atoms with Crippen molar-refractivity contribution in [2.24, 2.45) is 7.05 Å². The molecular formula is C23H24F2N4O2. The number of carbonyl (C=O) groups excluding carboxylic acids is 1. The van der Waals surface area contributed by atoms with Crippen LogP contribution in [0.25, 0.3) is 11.3 Å². The molecule has 1 unspecified atom stereocenters. The van der Waals surface area contributed by atoms with Crippen LogP contribution in [0.15, 0.2) is 48.7 Å². The standard InChI is InChI=1S/C23H24F2N4O2/c1-28-14-18(22(27-28)17-10-9-15(24)12-19(17)25)23(30)26-16-6-5-11-29(13-16)20-7-3-4-8-21(20)31-2/h3-4,7-10,12,14,16H,5-6,11,13H2,1-2H3,(H,26,30). The molecule has 0 aliphatic carbocycles. The van der Waals surface area contributed by atoms with Gasteiger partial charge in [0.1, 0.15) is 23.1 Å². The van der Waals surface area contributed by atoms with Crippen molar-refractivity contribution in [1.82, 2.24) is 15.1 Å². The van der Waals surface area contributed by atoms with E-state index in [9.17, 15) is 13.6 Å². The van der Waals surface area contributed by atoms with Crippen LogP contribution in [0, 0.1) is 11.6 Å². The number of benzene rings is 2. The predicted octanol–water partition coefficient (Wildman–Crippen LogP) is 3.77. The maximum atomic E-state index is 14.3. The minimum atomic E-state index is -0.757. The van der Waals surface area contributed by atoms with Gasteiger partial charge in [-0.3, -0.25) is 9.48 Å². The summed E-state index contributed by atoms with van der Waals surface area (Å²) in [5.74, 6) is -0.982. The fourth-order valence-electron chi connectivity index (χ4n) is 4.00. The van der Waals surface area contributed by atoms with Gasteiger partial charge >= 0.3 is 0 Å². The highest BCUT2D eigenvalue weighted by Gasteiger charge is 2.26. The van der Waals surface area contributed by atoms with Crippen molar-refractivity contribution in [2.45, 2.75) is 18.9 Å². The van der Waals surface area contributed by atoms with E-state index in [2.05, 4.69) is 15.3 Å². The van der Waals surface area contributed by atoms with Crippen molar-refractivity contribution >= 4 is 11.6 Å². The smallest absolute Gasteiger partial charge is 0.255 e. The SMILES string of the molecule is COc1ccccc1N1CCCC(NC(=O)c2cn(C)nc2-c2ccc(F)cc2F)C1. The highest BCUT2D eigenvalue weighted by Crippen LogP contribution is 2.30. The van der Waals surface area contributed by atoms with E-state index in [0.717, 1.165) is 43.0 Å². The topological polar surface area (TPSA) is 59.4 Å². The molecule has 2 heterocycles. The normalized spacial score (nSPS) is 16.3. The molecule has 1 saturated heterocycles. The number of piperidine rings is 1. The van der Waals surface area contributed by atoms with E-state index in [1.807, 2.05) is 24.3 Å². The number of methoxy groups -OCH3 is 1. The third kappa shape index (κ3) is 4.38. The van der Waals surface area contributed by atoms with Crippen LogP contribution in [0.2, 0.25) is 0 Å². The summed E-state index contributed by atoms with van der Waals surface area (Å²) in [6.45, 7) is 1.50. The molecular weight excluding hydrogens is 402 g/mol. The van der Waals surface area contributed by atoms with Crippen molar-refractivity contribution in [1.29, 1.82) is 0 Å². The number of hydrogen-bond donors (Lipinski definition) is 1. The van der Waals surface area contributed by atoms with E-state index in [-0.39, 0.29) is 28.8 Å². The average molecular weight is 426 g/mol. The molecule has 162 valence electrons. The van der Waals surface area contributed by atoms with Crippen molar-refractivity contribution in [3.8, 4) is 17.0 Å². The summed E-state index contributed by atoms with van der Waals surface area (Å²) >= 11 is 0. The molecule has 1 aliphatic heterocycles. The Morgan fingerprint density at radius 2 is 2.03 bits per heavy atom. The van der Waals surface area contributed by atoms with Crippen LogP contribution in [0.1, 0.15) is 23.2 Å². The molecule has 3 aromatic rings. The number of para-hydroxylation sites is 2. The van der Waals surface area contributed by atoms with Gasteiger partial charge in [0.2, 0.25) is 0 Å². The summed E-state index contributed by atoms with van der Waals surface area (Å²) in [5, 5.41) is 7.29. The molecule has 1 amide bonds. The first-order valence-electron chi connectivity index (χ1n) is 10.1. The molecule has 8 heteroatoms. The second-order valence-corrected chi connectivity index (χ2v) is 7.62. The average Bonchev–Trinajstić information content (AvgIpc) is 3.15. The number of hydrogen-bond acceptors (Lipinski definition) is 4. The summed E-state index contributed by atoms with van der Waals surface area (Å²) < 4.78 is 34.5. The molecule has 0 spiro atoms. The first kappa shape index (κ1) is 20.8.